The molecular formula is C28H32O9. The Morgan fingerprint density at radius 3 is 2.08 bits per heavy atom. The van der Waals surface area contributed by atoms with E-state index in [0.717, 1.165) is 25.0 Å². The number of aliphatic hydroxyl groups is 2. The highest BCUT2D eigenvalue weighted by molar-refractivity contribution is 5.77. The highest BCUT2D eigenvalue weighted by atomic mass is 16.7. The van der Waals surface area contributed by atoms with Gasteiger partial charge in [0.05, 0.1) is 6.61 Å². The number of benzene rings is 2. The molecule has 1 aliphatic rings. The topological polar surface area (TPSA) is 132 Å². The lowest BCUT2D eigenvalue weighted by Gasteiger charge is -2.42. The fraction of sp³-hybridized carbons (Fsp3) is 0.357. The molecule has 0 spiro atoms. The van der Waals surface area contributed by atoms with E-state index >= 15 is 0 Å². The van der Waals surface area contributed by atoms with Crippen LogP contribution in [0.15, 0.2) is 61.7 Å². The number of phenolic OH excluding ortho intramolecular Hbond substituents is 1. The van der Waals surface area contributed by atoms with E-state index in [2.05, 4.69) is 13.2 Å². The van der Waals surface area contributed by atoms with Crippen molar-refractivity contribution in [3.05, 3.63) is 72.8 Å². The smallest absolute Gasteiger partial charge is 0.303 e. The Morgan fingerprint density at radius 2 is 1.51 bits per heavy atom. The number of carbonyl (C=O) groups excluding carboxylic acids is 2. The van der Waals surface area contributed by atoms with Gasteiger partial charge in [-0.15, -0.1) is 13.2 Å². The normalized spacial score (nSPS) is 23.1. The summed E-state index contributed by atoms with van der Waals surface area (Å²) in [6.07, 6.45) is -2.10. The van der Waals surface area contributed by atoms with E-state index in [1.165, 1.54) is 0 Å². The second-order valence-corrected chi connectivity index (χ2v) is 8.65. The number of hydrogen-bond donors (Lipinski definition) is 3. The number of esters is 2. The quantitative estimate of drug-likeness (QED) is 0.325. The van der Waals surface area contributed by atoms with Crippen LogP contribution in [0, 0.1) is 0 Å². The van der Waals surface area contributed by atoms with Crippen LogP contribution in [0.25, 0.3) is 11.1 Å². The summed E-state index contributed by atoms with van der Waals surface area (Å²) in [4.78, 5) is 23.4. The van der Waals surface area contributed by atoms with Gasteiger partial charge < -0.3 is 34.3 Å². The molecule has 2 aromatic carbocycles. The zero-order valence-corrected chi connectivity index (χ0v) is 20.8. The van der Waals surface area contributed by atoms with Crippen molar-refractivity contribution >= 4 is 11.9 Å². The second-order valence-electron chi connectivity index (χ2n) is 8.65. The van der Waals surface area contributed by atoms with Crippen molar-refractivity contribution in [2.45, 2.75) is 57.4 Å². The molecule has 5 atom stereocenters. The number of carbonyl (C=O) groups is 2. The van der Waals surface area contributed by atoms with Crippen LogP contribution in [-0.4, -0.2) is 64.6 Å². The van der Waals surface area contributed by atoms with Gasteiger partial charge in [-0.1, -0.05) is 24.3 Å². The molecule has 9 nitrogen and oxygen atoms in total. The Labute approximate surface area is 215 Å². The lowest BCUT2D eigenvalue weighted by molar-refractivity contribution is -0.284. The van der Waals surface area contributed by atoms with Crippen LogP contribution >= 0.6 is 0 Å². The molecule has 0 bridgehead atoms. The summed E-state index contributed by atoms with van der Waals surface area (Å²) in [7, 11) is 0. The number of rotatable bonds is 10. The highest BCUT2D eigenvalue weighted by Crippen LogP contribution is 2.39. The van der Waals surface area contributed by atoms with E-state index in [0.29, 0.717) is 24.0 Å². The molecular weight excluding hydrogens is 480 g/mol. The van der Waals surface area contributed by atoms with E-state index in [-0.39, 0.29) is 11.5 Å². The predicted octanol–water partition coefficient (Wildman–Crippen LogP) is 2.84. The van der Waals surface area contributed by atoms with E-state index < -0.39 is 49.3 Å². The average Bonchev–Trinajstić information content (AvgIpc) is 2.85. The van der Waals surface area contributed by atoms with Crippen LogP contribution < -0.4 is 4.74 Å². The molecule has 0 radical (unpaired) electrons. The minimum Gasteiger partial charge on any atom is -0.507 e. The SMILES string of the molecule is C=CCc1ccc(O)c(-c2cc(CC=C)ccc2O[C@@H]2O[C@H](CO)[C@@H](OC(C)=O)[C@H](OC(C)=O)[C@H]2O)c1. The standard InChI is InChI=1S/C28H32O9/c1-5-7-18-9-11-22(32)20(13-18)21-14-19(8-6-2)10-12-23(21)36-28-25(33)27(35-17(4)31)26(34-16(3)30)24(15-29)37-28/h5-6,9-14,24-29,32-33H,1-2,7-8,15H2,3-4H3/t24-,25-,26-,27-,28-/m1/s1. The van der Waals surface area contributed by atoms with Gasteiger partial charge in [0.1, 0.15) is 17.6 Å². The van der Waals surface area contributed by atoms with Crippen molar-refractivity contribution in [1.82, 2.24) is 0 Å². The number of aliphatic hydroxyl groups excluding tert-OH is 2. The summed E-state index contributed by atoms with van der Waals surface area (Å²) in [5.41, 5.74) is 2.82. The lowest BCUT2D eigenvalue weighted by Crippen LogP contribution is -2.62. The number of allylic oxidation sites excluding steroid dienone is 2. The third kappa shape index (κ3) is 6.76. The van der Waals surface area contributed by atoms with Gasteiger partial charge >= 0.3 is 11.9 Å². The lowest BCUT2D eigenvalue weighted by atomic mass is 9.96. The average molecular weight is 513 g/mol. The van der Waals surface area contributed by atoms with Crippen molar-refractivity contribution < 1.29 is 43.9 Å². The fourth-order valence-electron chi connectivity index (χ4n) is 4.20. The van der Waals surface area contributed by atoms with Gasteiger partial charge in [0.25, 0.3) is 0 Å². The number of hydrogen-bond acceptors (Lipinski definition) is 9. The molecule has 198 valence electrons. The van der Waals surface area contributed by atoms with E-state index in [1.54, 1.807) is 36.4 Å². The first-order valence-electron chi connectivity index (χ1n) is 11.8. The van der Waals surface area contributed by atoms with Gasteiger partial charge in [0, 0.05) is 25.0 Å². The summed E-state index contributed by atoms with van der Waals surface area (Å²) in [5.74, 6) is -1.16. The van der Waals surface area contributed by atoms with E-state index in [4.69, 9.17) is 18.9 Å². The van der Waals surface area contributed by atoms with Crippen molar-refractivity contribution in [2.24, 2.45) is 0 Å². The molecule has 37 heavy (non-hydrogen) atoms. The van der Waals surface area contributed by atoms with Crippen LogP contribution in [0.3, 0.4) is 0 Å². The first-order chi connectivity index (χ1) is 17.7. The Balaban J connectivity index is 2.03. The fourth-order valence-corrected chi connectivity index (χ4v) is 4.20. The molecule has 0 aliphatic carbocycles. The monoisotopic (exact) mass is 512 g/mol. The number of phenols is 1. The van der Waals surface area contributed by atoms with Crippen LogP contribution in [0.2, 0.25) is 0 Å². The molecule has 1 aliphatic heterocycles. The predicted molar refractivity (Wildman–Crippen MR) is 135 cm³/mol. The minimum absolute atomic E-state index is 0.0134. The largest absolute Gasteiger partial charge is 0.507 e. The van der Waals surface area contributed by atoms with Gasteiger partial charge in [-0.25, -0.2) is 0 Å². The van der Waals surface area contributed by atoms with Gasteiger partial charge in [0.15, 0.2) is 18.3 Å². The molecule has 0 saturated carbocycles. The summed E-state index contributed by atoms with van der Waals surface area (Å²) in [6, 6.07) is 10.5. The Morgan fingerprint density at radius 1 is 0.946 bits per heavy atom. The molecule has 3 rings (SSSR count). The first kappa shape index (κ1) is 27.9. The summed E-state index contributed by atoms with van der Waals surface area (Å²) < 4.78 is 22.3. The van der Waals surface area contributed by atoms with Crippen LogP contribution in [-0.2, 0) is 36.6 Å². The molecule has 2 aromatic rings. The molecule has 1 saturated heterocycles. The molecule has 1 fully saturated rings. The van der Waals surface area contributed by atoms with Crippen molar-refractivity contribution in [3.8, 4) is 22.6 Å². The number of ether oxygens (including phenoxy) is 4. The third-order valence-electron chi connectivity index (χ3n) is 5.80. The highest BCUT2D eigenvalue weighted by Gasteiger charge is 2.50. The van der Waals surface area contributed by atoms with Gasteiger partial charge in [-0.05, 0) is 48.2 Å². The molecule has 0 unspecified atom stereocenters. The van der Waals surface area contributed by atoms with Gasteiger partial charge in [-0.3, -0.25) is 9.59 Å². The zero-order chi connectivity index (χ0) is 27.1. The van der Waals surface area contributed by atoms with Crippen LogP contribution in [0.4, 0.5) is 0 Å². The third-order valence-corrected chi connectivity index (χ3v) is 5.80. The Hall–Kier alpha value is -3.66. The minimum atomic E-state index is -1.57. The Kier molecular flexibility index (Phi) is 9.46. The van der Waals surface area contributed by atoms with Crippen molar-refractivity contribution in [3.63, 3.8) is 0 Å². The van der Waals surface area contributed by atoms with Crippen molar-refractivity contribution in [2.75, 3.05) is 6.61 Å². The summed E-state index contributed by atoms with van der Waals surface area (Å²) in [6.45, 7) is 9.23. The summed E-state index contributed by atoms with van der Waals surface area (Å²) in [5, 5.41) is 31.6. The zero-order valence-electron chi connectivity index (χ0n) is 20.8. The molecule has 1 heterocycles. The second kappa shape index (κ2) is 12.5. The Bertz CT molecular complexity index is 1140. The summed E-state index contributed by atoms with van der Waals surface area (Å²) >= 11 is 0. The molecule has 9 heteroatoms. The van der Waals surface area contributed by atoms with Gasteiger partial charge in [0.2, 0.25) is 6.29 Å². The van der Waals surface area contributed by atoms with Gasteiger partial charge in [-0.2, -0.15) is 0 Å². The first-order valence-corrected chi connectivity index (χ1v) is 11.8. The maximum atomic E-state index is 11.7. The molecule has 0 aromatic heterocycles. The maximum Gasteiger partial charge on any atom is 0.303 e. The molecule has 0 amide bonds. The maximum absolute atomic E-state index is 11.7. The van der Waals surface area contributed by atoms with E-state index in [9.17, 15) is 24.9 Å². The number of aromatic hydroxyl groups is 1. The van der Waals surface area contributed by atoms with Crippen LogP contribution in [0.1, 0.15) is 25.0 Å². The van der Waals surface area contributed by atoms with E-state index in [1.807, 2.05) is 12.1 Å². The van der Waals surface area contributed by atoms with Crippen LogP contribution in [0.5, 0.6) is 11.5 Å². The van der Waals surface area contributed by atoms with Crippen molar-refractivity contribution in [1.29, 1.82) is 0 Å². The molecule has 3 N–H and O–H groups in total.